The number of likely N-dealkylation sites (tertiary alicyclic amines) is 1. The van der Waals surface area contributed by atoms with Crippen molar-refractivity contribution in [2.24, 2.45) is 5.92 Å². The Labute approximate surface area is 172 Å². The number of aromatic nitrogens is 1. The van der Waals surface area contributed by atoms with Gasteiger partial charge in [0.25, 0.3) is 0 Å². The Hall–Kier alpha value is -2.73. The number of carbonyl (C=O) groups excluding carboxylic acids is 2. The fraction of sp³-hybridized carbons (Fsp3) is 0.435. The summed E-state index contributed by atoms with van der Waals surface area (Å²) in [6, 6.07) is 9.72. The van der Waals surface area contributed by atoms with Crippen LogP contribution in [0.25, 0.3) is 0 Å². The first-order valence-corrected chi connectivity index (χ1v) is 9.83. The number of pyridine rings is 1. The van der Waals surface area contributed by atoms with Gasteiger partial charge in [-0.2, -0.15) is 0 Å². The minimum atomic E-state index is -0.865. The third-order valence-electron chi connectivity index (χ3n) is 6.25. The van der Waals surface area contributed by atoms with E-state index in [0.717, 1.165) is 22.3 Å². The quantitative estimate of drug-likeness (QED) is 0.788. The highest BCUT2D eigenvalue weighted by atomic mass is 16.5. The zero-order chi connectivity index (χ0) is 21.2. The van der Waals surface area contributed by atoms with E-state index in [4.69, 9.17) is 4.74 Å². The largest absolute Gasteiger partial charge is 0.468 e. The number of methoxy groups -OCH3 is 1. The number of rotatable bonds is 5. The van der Waals surface area contributed by atoms with Crippen LogP contribution in [0.4, 0.5) is 0 Å². The number of aryl methyl sites for hydroxylation is 2. The van der Waals surface area contributed by atoms with Crippen LogP contribution in [0.1, 0.15) is 41.6 Å². The summed E-state index contributed by atoms with van der Waals surface area (Å²) in [5.74, 6) is -0.750. The predicted octanol–water partition coefficient (Wildman–Crippen LogP) is 2.94. The van der Waals surface area contributed by atoms with Crippen molar-refractivity contribution < 1.29 is 14.3 Å². The smallest absolute Gasteiger partial charge is 0.326 e. The molecular formula is C23H29N3O3. The highest BCUT2D eigenvalue weighted by Gasteiger charge is 2.55. The Morgan fingerprint density at radius 2 is 1.97 bits per heavy atom. The second kappa shape index (κ2) is 8.33. The van der Waals surface area contributed by atoms with Crippen LogP contribution in [0.3, 0.4) is 0 Å². The molecule has 6 nitrogen and oxygen atoms in total. The van der Waals surface area contributed by atoms with Crippen LogP contribution in [0.5, 0.6) is 0 Å². The summed E-state index contributed by atoms with van der Waals surface area (Å²) in [4.78, 5) is 31.9. The summed E-state index contributed by atoms with van der Waals surface area (Å²) in [5.41, 5.74) is 3.36. The van der Waals surface area contributed by atoms with Crippen molar-refractivity contribution in [3.05, 3.63) is 65.0 Å². The Bertz CT molecular complexity index is 914. The van der Waals surface area contributed by atoms with E-state index in [2.05, 4.69) is 10.3 Å². The third kappa shape index (κ3) is 3.90. The van der Waals surface area contributed by atoms with Gasteiger partial charge < -0.3 is 10.1 Å². The van der Waals surface area contributed by atoms with Gasteiger partial charge in [0.05, 0.1) is 13.0 Å². The van der Waals surface area contributed by atoms with Gasteiger partial charge in [0.1, 0.15) is 5.54 Å². The predicted molar refractivity (Wildman–Crippen MR) is 111 cm³/mol. The number of hydrogen-bond acceptors (Lipinski definition) is 5. The first-order valence-electron chi connectivity index (χ1n) is 9.83. The lowest BCUT2D eigenvalue weighted by molar-refractivity contribution is -0.152. The first-order chi connectivity index (χ1) is 13.8. The van der Waals surface area contributed by atoms with Gasteiger partial charge in [0.15, 0.2) is 0 Å². The van der Waals surface area contributed by atoms with Crippen LogP contribution in [0.2, 0.25) is 0 Å². The molecule has 3 atom stereocenters. The number of likely N-dealkylation sites (N-methyl/N-ethyl adjacent to an activating group) is 1. The van der Waals surface area contributed by atoms with Gasteiger partial charge in [-0.05, 0) is 62.6 Å². The van der Waals surface area contributed by atoms with E-state index >= 15 is 0 Å². The lowest BCUT2D eigenvalue weighted by atomic mass is 9.88. The monoisotopic (exact) mass is 395 g/mol. The summed E-state index contributed by atoms with van der Waals surface area (Å²) in [6.45, 7) is 6.29. The van der Waals surface area contributed by atoms with E-state index in [1.54, 1.807) is 12.4 Å². The Balaban J connectivity index is 1.91. The maximum absolute atomic E-state index is 13.3. The summed E-state index contributed by atoms with van der Waals surface area (Å²) in [7, 11) is 3.29. The molecule has 2 heterocycles. The molecule has 1 aliphatic heterocycles. The van der Waals surface area contributed by atoms with Crippen molar-refractivity contribution in [3.8, 4) is 0 Å². The van der Waals surface area contributed by atoms with Gasteiger partial charge in [-0.1, -0.05) is 24.3 Å². The second-order valence-corrected chi connectivity index (χ2v) is 8.01. The molecule has 29 heavy (non-hydrogen) atoms. The number of hydrogen-bond donors (Lipinski definition) is 1. The average Bonchev–Trinajstić information content (AvgIpc) is 2.99. The Morgan fingerprint density at radius 1 is 1.24 bits per heavy atom. The molecule has 1 aliphatic rings. The number of ether oxygens (including phenoxy) is 1. The van der Waals surface area contributed by atoms with E-state index in [9.17, 15) is 9.59 Å². The lowest BCUT2D eigenvalue weighted by Gasteiger charge is -2.33. The van der Waals surface area contributed by atoms with Crippen LogP contribution in [-0.2, 0) is 20.9 Å². The molecule has 0 spiro atoms. The van der Waals surface area contributed by atoms with Crippen molar-refractivity contribution in [3.63, 3.8) is 0 Å². The highest BCUT2D eigenvalue weighted by molar-refractivity contribution is 5.86. The summed E-state index contributed by atoms with van der Waals surface area (Å²) >= 11 is 0. The minimum absolute atomic E-state index is 0.0612. The highest BCUT2D eigenvalue weighted by Crippen LogP contribution is 2.47. The SMILES string of the molecule is COC(=O)[C@]1(C)C[C@H](C(=O)NCc2ccncc2C)[C@H](c2ccccc2C)N1C. The number of benzene rings is 1. The van der Waals surface area contributed by atoms with Crippen LogP contribution < -0.4 is 5.32 Å². The first kappa shape index (κ1) is 21.0. The third-order valence-corrected chi connectivity index (χ3v) is 6.25. The molecule has 2 aromatic rings. The van der Waals surface area contributed by atoms with Gasteiger partial charge >= 0.3 is 5.97 Å². The number of nitrogens with zero attached hydrogens (tertiary/aromatic N) is 2. The van der Waals surface area contributed by atoms with Crippen molar-refractivity contribution in [2.75, 3.05) is 14.2 Å². The summed E-state index contributed by atoms with van der Waals surface area (Å²) in [6.07, 6.45) is 3.91. The zero-order valence-corrected chi connectivity index (χ0v) is 17.7. The molecule has 0 radical (unpaired) electrons. The van der Waals surface area contributed by atoms with E-state index in [0.29, 0.717) is 13.0 Å². The second-order valence-electron chi connectivity index (χ2n) is 8.01. The summed E-state index contributed by atoms with van der Waals surface area (Å²) in [5, 5.41) is 3.07. The molecule has 0 unspecified atom stereocenters. The molecule has 1 amide bonds. The maximum Gasteiger partial charge on any atom is 0.326 e. The van der Waals surface area contributed by atoms with Crippen LogP contribution in [-0.4, -0.2) is 41.5 Å². The Kier molecular flexibility index (Phi) is 6.03. The normalized spacial score (nSPS) is 24.3. The molecular weight excluding hydrogens is 366 g/mol. The fourth-order valence-corrected chi connectivity index (χ4v) is 4.30. The van der Waals surface area contributed by atoms with Crippen molar-refractivity contribution in [1.29, 1.82) is 0 Å². The maximum atomic E-state index is 13.3. The molecule has 154 valence electrons. The molecule has 1 fully saturated rings. The molecule has 0 saturated carbocycles. The molecule has 0 bridgehead atoms. The topological polar surface area (TPSA) is 71.5 Å². The molecule has 1 N–H and O–H groups in total. The Morgan fingerprint density at radius 3 is 2.62 bits per heavy atom. The van der Waals surface area contributed by atoms with E-state index < -0.39 is 5.54 Å². The number of amides is 1. The van der Waals surface area contributed by atoms with Gasteiger partial charge in [-0.25, -0.2) is 0 Å². The van der Waals surface area contributed by atoms with Gasteiger partial charge in [-0.15, -0.1) is 0 Å². The zero-order valence-electron chi connectivity index (χ0n) is 17.7. The minimum Gasteiger partial charge on any atom is -0.468 e. The molecule has 1 aromatic carbocycles. The van der Waals surface area contributed by atoms with Crippen LogP contribution >= 0.6 is 0 Å². The standard InChI is InChI=1S/C23H29N3O3/c1-15-8-6-7-9-18(15)20-19(12-23(3,26(20)4)22(28)29-5)21(27)25-14-17-10-11-24-13-16(17)2/h6-11,13,19-20H,12,14H2,1-5H3,(H,25,27)/t19-,20-,23-/m0/s1. The molecule has 1 saturated heterocycles. The molecule has 6 heteroatoms. The van der Waals surface area contributed by atoms with Crippen molar-refractivity contribution in [2.45, 2.75) is 45.3 Å². The van der Waals surface area contributed by atoms with E-state index in [1.165, 1.54) is 7.11 Å². The molecule has 0 aliphatic carbocycles. The van der Waals surface area contributed by atoms with E-state index in [1.807, 2.05) is 63.1 Å². The van der Waals surface area contributed by atoms with Crippen LogP contribution in [0.15, 0.2) is 42.7 Å². The molecule has 3 rings (SSSR count). The lowest BCUT2D eigenvalue weighted by Crippen LogP contribution is -2.47. The average molecular weight is 396 g/mol. The van der Waals surface area contributed by atoms with Crippen LogP contribution in [0, 0.1) is 19.8 Å². The fourth-order valence-electron chi connectivity index (χ4n) is 4.30. The number of nitrogens with one attached hydrogen (secondary N) is 1. The van der Waals surface area contributed by atoms with Gasteiger partial charge in [0.2, 0.25) is 5.91 Å². The molecule has 1 aromatic heterocycles. The van der Waals surface area contributed by atoms with Crippen molar-refractivity contribution >= 4 is 11.9 Å². The van der Waals surface area contributed by atoms with Gasteiger partial charge in [0, 0.05) is 25.0 Å². The van der Waals surface area contributed by atoms with Crippen molar-refractivity contribution in [1.82, 2.24) is 15.2 Å². The van der Waals surface area contributed by atoms with Gasteiger partial charge in [-0.3, -0.25) is 19.5 Å². The number of esters is 1. The van der Waals surface area contributed by atoms with E-state index in [-0.39, 0.29) is 23.8 Å². The number of carbonyl (C=O) groups is 2. The summed E-state index contributed by atoms with van der Waals surface area (Å²) < 4.78 is 5.08.